The van der Waals surface area contributed by atoms with Crippen molar-refractivity contribution in [3.05, 3.63) is 35.9 Å². The van der Waals surface area contributed by atoms with Crippen molar-refractivity contribution in [2.24, 2.45) is 11.7 Å². The maximum atomic E-state index is 10.8. The van der Waals surface area contributed by atoms with Crippen molar-refractivity contribution in [3.63, 3.8) is 0 Å². The highest BCUT2D eigenvalue weighted by molar-refractivity contribution is 5.75. The van der Waals surface area contributed by atoms with Gasteiger partial charge in [-0.15, -0.1) is 0 Å². The van der Waals surface area contributed by atoms with E-state index >= 15 is 0 Å². The number of benzene rings is 1. The number of hydrogen-bond donors (Lipinski definition) is 2. The molecule has 4 nitrogen and oxygen atoms in total. The summed E-state index contributed by atoms with van der Waals surface area (Å²) in [6.45, 7) is 1.99. The van der Waals surface area contributed by atoms with E-state index in [4.69, 9.17) is 5.73 Å². The number of likely N-dealkylation sites (tertiary alicyclic amines) is 1. The molecular weight excluding hydrogens is 228 g/mol. The van der Waals surface area contributed by atoms with Crippen LogP contribution >= 0.6 is 0 Å². The van der Waals surface area contributed by atoms with Crippen molar-refractivity contribution in [3.8, 4) is 0 Å². The van der Waals surface area contributed by atoms with Gasteiger partial charge in [0.2, 0.25) is 5.91 Å². The second-order valence-corrected chi connectivity index (χ2v) is 4.94. The first-order valence-corrected chi connectivity index (χ1v) is 6.40. The predicted molar refractivity (Wildman–Crippen MR) is 69.8 cm³/mol. The second-order valence-electron chi connectivity index (χ2n) is 4.94. The van der Waals surface area contributed by atoms with E-state index < -0.39 is 6.10 Å². The summed E-state index contributed by atoms with van der Waals surface area (Å²) < 4.78 is 0. The summed E-state index contributed by atoms with van der Waals surface area (Å²) in [6.07, 6.45) is 1.41. The fourth-order valence-corrected chi connectivity index (χ4v) is 2.57. The van der Waals surface area contributed by atoms with Crippen LogP contribution in [0.25, 0.3) is 0 Å². The normalized spacial score (nSPS) is 19.6. The Bertz CT molecular complexity index is 386. The van der Waals surface area contributed by atoms with Crippen molar-refractivity contribution >= 4 is 5.91 Å². The molecule has 1 aromatic carbocycles. The van der Waals surface area contributed by atoms with Crippen LogP contribution in [0.3, 0.4) is 0 Å². The number of nitrogens with two attached hydrogens (primary N) is 1. The van der Waals surface area contributed by atoms with E-state index in [1.807, 2.05) is 30.3 Å². The average Bonchev–Trinajstić information content (AvgIpc) is 2.39. The van der Waals surface area contributed by atoms with E-state index in [9.17, 15) is 9.90 Å². The molecule has 3 N–H and O–H groups in total. The Labute approximate surface area is 107 Å². The van der Waals surface area contributed by atoms with E-state index in [0.29, 0.717) is 6.54 Å². The third-order valence-corrected chi connectivity index (χ3v) is 3.60. The highest BCUT2D eigenvalue weighted by atomic mass is 16.3. The lowest BCUT2D eigenvalue weighted by atomic mass is 9.87. The average molecular weight is 248 g/mol. The van der Waals surface area contributed by atoms with Gasteiger partial charge in [0, 0.05) is 0 Å². The number of piperidine rings is 1. The minimum absolute atomic E-state index is 0.275. The summed E-state index contributed by atoms with van der Waals surface area (Å²) >= 11 is 0. The van der Waals surface area contributed by atoms with Gasteiger partial charge in [-0.05, 0) is 37.4 Å². The zero-order valence-corrected chi connectivity index (χ0v) is 10.5. The smallest absolute Gasteiger partial charge is 0.231 e. The fraction of sp³-hybridized carbons (Fsp3) is 0.500. The van der Waals surface area contributed by atoms with Crippen molar-refractivity contribution in [1.82, 2.24) is 4.90 Å². The number of amides is 1. The number of hydrogen-bond acceptors (Lipinski definition) is 3. The first-order valence-electron chi connectivity index (χ1n) is 6.40. The van der Waals surface area contributed by atoms with Crippen molar-refractivity contribution < 1.29 is 9.90 Å². The van der Waals surface area contributed by atoms with Crippen molar-refractivity contribution in [2.75, 3.05) is 19.6 Å². The van der Waals surface area contributed by atoms with E-state index in [-0.39, 0.29) is 11.8 Å². The second kappa shape index (κ2) is 5.98. The van der Waals surface area contributed by atoms with E-state index in [1.165, 1.54) is 0 Å². The molecule has 2 rings (SSSR count). The number of primary amides is 1. The first kappa shape index (κ1) is 13.1. The predicted octanol–water partition coefficient (Wildman–Crippen LogP) is 0.917. The number of carbonyl (C=O) groups is 1. The molecule has 0 aromatic heterocycles. The molecule has 98 valence electrons. The summed E-state index contributed by atoms with van der Waals surface area (Å²) in [7, 11) is 0. The molecule has 18 heavy (non-hydrogen) atoms. The van der Waals surface area contributed by atoms with Gasteiger partial charge < -0.3 is 10.8 Å². The van der Waals surface area contributed by atoms with Gasteiger partial charge in [-0.25, -0.2) is 0 Å². The minimum atomic E-state index is -0.401. The number of carbonyl (C=O) groups excluding carboxylic acids is 1. The standard InChI is InChI=1S/C14H20N2O2/c15-13(17)10-16-8-6-12(7-9-16)14(18)11-4-2-1-3-5-11/h1-5,12,14,18H,6-10H2,(H2,15,17)/t14-/m0/s1. The molecule has 1 atom stereocenters. The van der Waals surface area contributed by atoms with Crippen LogP contribution in [0.2, 0.25) is 0 Å². The maximum Gasteiger partial charge on any atom is 0.231 e. The van der Waals surface area contributed by atoms with Crippen LogP contribution in [0.5, 0.6) is 0 Å². The van der Waals surface area contributed by atoms with Gasteiger partial charge in [-0.3, -0.25) is 9.69 Å². The Morgan fingerprint density at radius 2 is 1.94 bits per heavy atom. The molecule has 1 aliphatic heterocycles. The van der Waals surface area contributed by atoms with Crippen LogP contribution in [0.15, 0.2) is 30.3 Å². The molecule has 1 fully saturated rings. The van der Waals surface area contributed by atoms with Gasteiger partial charge in [-0.1, -0.05) is 30.3 Å². The summed E-state index contributed by atoms with van der Waals surface area (Å²) in [6, 6.07) is 9.76. The van der Waals surface area contributed by atoms with E-state index in [2.05, 4.69) is 4.90 Å². The highest BCUT2D eigenvalue weighted by Crippen LogP contribution is 2.30. The molecule has 0 bridgehead atoms. The van der Waals surface area contributed by atoms with Gasteiger partial charge in [0.15, 0.2) is 0 Å². The fourth-order valence-electron chi connectivity index (χ4n) is 2.57. The Morgan fingerprint density at radius 1 is 1.33 bits per heavy atom. The molecule has 0 radical (unpaired) electrons. The largest absolute Gasteiger partial charge is 0.388 e. The molecule has 0 spiro atoms. The Hall–Kier alpha value is -1.39. The molecule has 0 saturated carbocycles. The number of rotatable bonds is 4. The first-order chi connectivity index (χ1) is 8.66. The highest BCUT2D eigenvalue weighted by Gasteiger charge is 2.26. The molecule has 1 heterocycles. The molecule has 4 heteroatoms. The summed E-state index contributed by atoms with van der Waals surface area (Å²) in [5, 5.41) is 10.3. The van der Waals surface area contributed by atoms with Crippen LogP contribution in [0.1, 0.15) is 24.5 Å². The summed E-state index contributed by atoms with van der Waals surface area (Å²) in [5.74, 6) is -0.00594. The summed E-state index contributed by atoms with van der Waals surface area (Å²) in [4.78, 5) is 12.9. The van der Waals surface area contributed by atoms with Gasteiger partial charge in [0.25, 0.3) is 0 Å². The number of aliphatic hydroxyl groups is 1. The van der Waals surface area contributed by atoms with Gasteiger partial charge >= 0.3 is 0 Å². The van der Waals surface area contributed by atoms with Gasteiger partial charge in [0.1, 0.15) is 0 Å². The SMILES string of the molecule is NC(=O)CN1CCC([C@@H](O)c2ccccc2)CC1. The van der Waals surface area contributed by atoms with Crippen LogP contribution in [0, 0.1) is 5.92 Å². The number of nitrogens with zero attached hydrogens (tertiary/aromatic N) is 1. The zero-order valence-electron chi connectivity index (χ0n) is 10.5. The topological polar surface area (TPSA) is 66.6 Å². The van der Waals surface area contributed by atoms with Gasteiger partial charge in [-0.2, -0.15) is 0 Å². The number of aliphatic hydroxyl groups excluding tert-OH is 1. The molecule has 1 saturated heterocycles. The summed E-state index contributed by atoms with van der Waals surface area (Å²) in [5.41, 5.74) is 6.16. The van der Waals surface area contributed by atoms with Crippen molar-refractivity contribution in [2.45, 2.75) is 18.9 Å². The Morgan fingerprint density at radius 3 is 2.50 bits per heavy atom. The van der Waals surface area contributed by atoms with Crippen LogP contribution < -0.4 is 5.73 Å². The molecule has 0 aliphatic carbocycles. The third-order valence-electron chi connectivity index (χ3n) is 3.60. The molecule has 0 unspecified atom stereocenters. The molecule has 1 aliphatic rings. The lowest BCUT2D eigenvalue weighted by Gasteiger charge is -2.33. The maximum absolute atomic E-state index is 10.8. The third kappa shape index (κ3) is 3.31. The lowest BCUT2D eigenvalue weighted by Crippen LogP contribution is -2.40. The monoisotopic (exact) mass is 248 g/mol. The molecular formula is C14H20N2O2. The quantitative estimate of drug-likeness (QED) is 0.832. The Balaban J connectivity index is 1.88. The van der Waals surface area contributed by atoms with Crippen LogP contribution in [-0.2, 0) is 4.79 Å². The Kier molecular flexibility index (Phi) is 4.33. The van der Waals surface area contributed by atoms with Crippen LogP contribution in [-0.4, -0.2) is 35.5 Å². The minimum Gasteiger partial charge on any atom is -0.388 e. The van der Waals surface area contributed by atoms with E-state index in [0.717, 1.165) is 31.5 Å². The molecule has 1 amide bonds. The van der Waals surface area contributed by atoms with Crippen molar-refractivity contribution in [1.29, 1.82) is 0 Å². The van der Waals surface area contributed by atoms with Gasteiger partial charge in [0.05, 0.1) is 12.6 Å². The van der Waals surface area contributed by atoms with E-state index in [1.54, 1.807) is 0 Å². The lowest BCUT2D eigenvalue weighted by molar-refractivity contribution is -0.119. The molecule has 1 aromatic rings. The zero-order chi connectivity index (χ0) is 13.0. The van der Waals surface area contributed by atoms with Crippen LogP contribution in [0.4, 0.5) is 0 Å².